The van der Waals surface area contributed by atoms with Crippen LogP contribution in [0.25, 0.3) is 11.0 Å². The van der Waals surface area contributed by atoms with Crippen LogP contribution in [-0.4, -0.2) is 16.1 Å². The highest BCUT2D eigenvalue weighted by Crippen LogP contribution is 2.18. The smallest absolute Gasteiger partial charge is 0.106 e. The summed E-state index contributed by atoms with van der Waals surface area (Å²) in [7, 11) is 0. The van der Waals surface area contributed by atoms with E-state index in [-0.39, 0.29) is 0 Å². The first kappa shape index (κ1) is 12.1. The highest BCUT2D eigenvalue weighted by molar-refractivity contribution is 5.76. The molecule has 3 heteroatoms. The lowest BCUT2D eigenvalue weighted by Gasteiger charge is -2.03. The maximum Gasteiger partial charge on any atom is 0.106 e. The number of benzene rings is 1. The van der Waals surface area contributed by atoms with Crippen molar-refractivity contribution in [3.8, 4) is 0 Å². The number of hydrogen-bond acceptors (Lipinski definition) is 2. The lowest BCUT2D eigenvalue weighted by atomic mass is 10.1. The maximum absolute atomic E-state index is 5.51. The molecule has 17 heavy (non-hydrogen) atoms. The molecule has 2 N–H and O–H groups in total. The van der Waals surface area contributed by atoms with Gasteiger partial charge >= 0.3 is 0 Å². The number of imidazole rings is 1. The summed E-state index contributed by atoms with van der Waals surface area (Å²) in [6.45, 7) is 5.99. The maximum atomic E-state index is 5.51. The Morgan fingerprint density at radius 1 is 1.29 bits per heavy atom. The van der Waals surface area contributed by atoms with Gasteiger partial charge in [0.25, 0.3) is 0 Å². The van der Waals surface area contributed by atoms with Gasteiger partial charge in [-0.25, -0.2) is 4.98 Å². The van der Waals surface area contributed by atoms with Crippen LogP contribution < -0.4 is 5.73 Å². The van der Waals surface area contributed by atoms with E-state index in [1.807, 2.05) is 0 Å². The van der Waals surface area contributed by atoms with Crippen molar-refractivity contribution in [1.82, 2.24) is 9.55 Å². The first-order valence-electron chi connectivity index (χ1n) is 6.42. The molecule has 0 radical (unpaired) electrons. The Morgan fingerprint density at radius 3 is 2.82 bits per heavy atom. The molecule has 1 heterocycles. The third kappa shape index (κ3) is 2.50. The van der Waals surface area contributed by atoms with E-state index in [1.54, 1.807) is 0 Å². The van der Waals surface area contributed by atoms with Gasteiger partial charge in [0.2, 0.25) is 0 Å². The predicted octanol–water partition coefficient (Wildman–Crippen LogP) is 2.65. The Labute approximate surface area is 103 Å². The first-order chi connectivity index (χ1) is 8.26. The lowest BCUT2D eigenvalue weighted by molar-refractivity contribution is 0.744. The molecule has 2 aromatic rings. The fraction of sp³-hybridized carbons (Fsp3) is 0.500. The van der Waals surface area contributed by atoms with Crippen LogP contribution in [0.2, 0.25) is 0 Å². The van der Waals surface area contributed by atoms with Crippen LogP contribution in [0, 0.1) is 6.92 Å². The quantitative estimate of drug-likeness (QED) is 0.804. The van der Waals surface area contributed by atoms with Gasteiger partial charge in [-0.2, -0.15) is 0 Å². The average molecular weight is 231 g/mol. The van der Waals surface area contributed by atoms with E-state index in [0.717, 1.165) is 43.7 Å². The van der Waals surface area contributed by atoms with Crippen LogP contribution in [-0.2, 0) is 13.0 Å². The summed E-state index contributed by atoms with van der Waals surface area (Å²) in [6, 6.07) is 6.62. The van der Waals surface area contributed by atoms with Gasteiger partial charge in [0.1, 0.15) is 5.82 Å². The number of fused-ring (bicyclic) bond motifs is 1. The molecular formula is C14H21N3. The van der Waals surface area contributed by atoms with Crippen molar-refractivity contribution < 1.29 is 0 Å². The molecule has 92 valence electrons. The zero-order chi connectivity index (χ0) is 12.3. The largest absolute Gasteiger partial charge is 0.330 e. The van der Waals surface area contributed by atoms with E-state index >= 15 is 0 Å². The minimum atomic E-state index is 0.784. The Balaban J connectivity index is 2.25. The number of nitrogens with zero attached hydrogens (tertiary/aromatic N) is 2. The molecule has 2 rings (SSSR count). The molecule has 3 nitrogen and oxygen atoms in total. The number of rotatable bonds is 5. The van der Waals surface area contributed by atoms with Crippen molar-refractivity contribution in [2.75, 3.05) is 6.54 Å². The van der Waals surface area contributed by atoms with E-state index in [0.29, 0.717) is 0 Å². The molecule has 0 aliphatic heterocycles. The molecule has 1 aromatic heterocycles. The van der Waals surface area contributed by atoms with Crippen LogP contribution in [0.1, 0.15) is 31.2 Å². The van der Waals surface area contributed by atoms with Gasteiger partial charge in [-0.15, -0.1) is 0 Å². The number of aromatic nitrogens is 2. The van der Waals surface area contributed by atoms with Gasteiger partial charge in [-0.05, 0) is 57.4 Å². The normalized spacial score (nSPS) is 11.2. The van der Waals surface area contributed by atoms with Gasteiger partial charge in [0, 0.05) is 6.54 Å². The van der Waals surface area contributed by atoms with Gasteiger partial charge in [-0.3, -0.25) is 0 Å². The van der Waals surface area contributed by atoms with Crippen molar-refractivity contribution in [3.63, 3.8) is 0 Å². The second-order valence-electron chi connectivity index (χ2n) is 4.47. The highest BCUT2D eigenvalue weighted by Gasteiger charge is 2.06. The summed E-state index contributed by atoms with van der Waals surface area (Å²) < 4.78 is 2.25. The summed E-state index contributed by atoms with van der Waals surface area (Å²) in [6.07, 6.45) is 3.36. The zero-order valence-corrected chi connectivity index (χ0v) is 10.7. The number of unbranched alkanes of at least 4 members (excludes halogenated alkanes) is 1. The summed E-state index contributed by atoms with van der Waals surface area (Å²) in [4.78, 5) is 4.61. The zero-order valence-electron chi connectivity index (χ0n) is 10.7. The fourth-order valence-electron chi connectivity index (χ4n) is 2.32. The Kier molecular flexibility index (Phi) is 3.79. The van der Waals surface area contributed by atoms with E-state index in [1.165, 1.54) is 11.1 Å². The van der Waals surface area contributed by atoms with Gasteiger partial charge < -0.3 is 10.3 Å². The van der Waals surface area contributed by atoms with Crippen LogP contribution in [0.5, 0.6) is 0 Å². The number of aryl methyl sites for hydroxylation is 3. The molecule has 0 amide bonds. The molecule has 0 bridgehead atoms. The SMILES string of the molecule is CCn1c(C)nc2cc(CCCCN)ccc21. The third-order valence-corrected chi connectivity index (χ3v) is 3.24. The van der Waals surface area contributed by atoms with Gasteiger partial charge in [0.15, 0.2) is 0 Å². The van der Waals surface area contributed by atoms with Crippen molar-refractivity contribution in [2.45, 2.75) is 39.7 Å². The van der Waals surface area contributed by atoms with Crippen LogP contribution in [0.15, 0.2) is 18.2 Å². The molecule has 0 saturated heterocycles. The van der Waals surface area contributed by atoms with Crippen molar-refractivity contribution in [1.29, 1.82) is 0 Å². The number of hydrogen-bond donors (Lipinski definition) is 1. The molecule has 0 aliphatic carbocycles. The second kappa shape index (κ2) is 5.32. The van der Waals surface area contributed by atoms with Gasteiger partial charge in [0.05, 0.1) is 11.0 Å². The molecule has 0 unspecified atom stereocenters. The first-order valence-corrected chi connectivity index (χ1v) is 6.42. The molecule has 0 fully saturated rings. The molecule has 1 aromatic carbocycles. The van der Waals surface area contributed by atoms with Gasteiger partial charge in [-0.1, -0.05) is 6.07 Å². The van der Waals surface area contributed by atoms with Crippen molar-refractivity contribution in [3.05, 3.63) is 29.6 Å². The highest BCUT2D eigenvalue weighted by atomic mass is 15.1. The Bertz CT molecular complexity index is 499. The van der Waals surface area contributed by atoms with E-state index in [4.69, 9.17) is 5.73 Å². The molecule has 0 saturated carbocycles. The van der Waals surface area contributed by atoms with Crippen molar-refractivity contribution in [2.24, 2.45) is 5.73 Å². The minimum Gasteiger partial charge on any atom is -0.330 e. The third-order valence-electron chi connectivity index (χ3n) is 3.24. The summed E-state index contributed by atoms with van der Waals surface area (Å²) in [5, 5.41) is 0. The monoisotopic (exact) mass is 231 g/mol. The second-order valence-corrected chi connectivity index (χ2v) is 4.47. The lowest BCUT2D eigenvalue weighted by Crippen LogP contribution is -1.99. The predicted molar refractivity (Wildman–Crippen MR) is 72.1 cm³/mol. The van der Waals surface area contributed by atoms with Crippen LogP contribution >= 0.6 is 0 Å². The Morgan fingerprint density at radius 2 is 2.12 bits per heavy atom. The summed E-state index contributed by atoms with van der Waals surface area (Å²) in [5.74, 6) is 1.10. The molecule has 0 aliphatic rings. The topological polar surface area (TPSA) is 43.8 Å². The van der Waals surface area contributed by atoms with E-state index < -0.39 is 0 Å². The van der Waals surface area contributed by atoms with Crippen LogP contribution in [0.4, 0.5) is 0 Å². The summed E-state index contributed by atoms with van der Waals surface area (Å²) >= 11 is 0. The van der Waals surface area contributed by atoms with E-state index in [9.17, 15) is 0 Å². The summed E-state index contributed by atoms with van der Waals surface area (Å²) in [5.41, 5.74) is 9.24. The van der Waals surface area contributed by atoms with Crippen LogP contribution in [0.3, 0.4) is 0 Å². The number of nitrogens with two attached hydrogens (primary N) is 1. The average Bonchev–Trinajstić information content (AvgIpc) is 2.64. The fourth-order valence-corrected chi connectivity index (χ4v) is 2.32. The minimum absolute atomic E-state index is 0.784. The molecule has 0 atom stereocenters. The molecule has 0 spiro atoms. The standard InChI is InChI=1S/C14H21N3/c1-3-17-11(2)16-13-10-12(6-4-5-9-15)7-8-14(13)17/h7-8,10H,3-6,9,15H2,1-2H3. The Hall–Kier alpha value is -1.35. The van der Waals surface area contributed by atoms with E-state index in [2.05, 4.69) is 41.6 Å². The molecular weight excluding hydrogens is 210 g/mol. The van der Waals surface area contributed by atoms with Crippen molar-refractivity contribution >= 4 is 11.0 Å².